The molecule has 3 nitrogen and oxygen atoms in total. The summed E-state index contributed by atoms with van der Waals surface area (Å²) in [6, 6.07) is 6.41. The van der Waals surface area contributed by atoms with Crippen molar-refractivity contribution < 1.29 is 9.84 Å². The summed E-state index contributed by atoms with van der Waals surface area (Å²) >= 11 is 0. The lowest BCUT2D eigenvalue weighted by Gasteiger charge is -2.16. The highest BCUT2D eigenvalue weighted by Gasteiger charge is 2.41. The predicted molar refractivity (Wildman–Crippen MR) is 70.7 cm³/mol. The van der Waals surface area contributed by atoms with Crippen LogP contribution < -0.4 is 10.1 Å². The van der Waals surface area contributed by atoms with E-state index >= 15 is 0 Å². The molecular formula is C15H21NO2. The molecule has 1 aliphatic heterocycles. The molecule has 0 bridgehead atoms. The summed E-state index contributed by atoms with van der Waals surface area (Å²) in [6.45, 7) is 5.31. The van der Waals surface area contributed by atoms with E-state index in [1.54, 1.807) is 0 Å². The first kappa shape index (κ1) is 12.0. The average Bonchev–Trinajstić information content (AvgIpc) is 3.03. The van der Waals surface area contributed by atoms with Gasteiger partial charge in [-0.25, -0.2) is 0 Å². The van der Waals surface area contributed by atoms with E-state index in [1.165, 1.54) is 11.1 Å². The summed E-state index contributed by atoms with van der Waals surface area (Å²) in [7, 11) is 0. The maximum atomic E-state index is 9.28. The first-order valence-corrected chi connectivity index (χ1v) is 6.69. The van der Waals surface area contributed by atoms with E-state index in [-0.39, 0.29) is 17.7 Å². The molecule has 0 unspecified atom stereocenters. The molecule has 0 atom stereocenters. The van der Waals surface area contributed by atoms with Gasteiger partial charge in [-0.3, -0.25) is 0 Å². The van der Waals surface area contributed by atoms with Crippen LogP contribution in [-0.4, -0.2) is 22.9 Å². The lowest BCUT2D eigenvalue weighted by atomic mass is 10.00. The van der Waals surface area contributed by atoms with Crippen LogP contribution >= 0.6 is 0 Å². The Morgan fingerprint density at radius 2 is 2.11 bits per heavy atom. The standard InChI is InChI=1S/C15H21NO2/c1-14(2)8-12-7-11(3-4-13(12)18-14)9-16-15(10-17)5-6-15/h3-4,7,16-17H,5-6,8-10H2,1-2H3. The Labute approximate surface area is 108 Å². The third kappa shape index (κ3) is 2.25. The van der Waals surface area contributed by atoms with Crippen LogP contribution in [0, 0.1) is 0 Å². The molecule has 3 heteroatoms. The van der Waals surface area contributed by atoms with Crippen LogP contribution in [0.4, 0.5) is 0 Å². The molecule has 0 aromatic heterocycles. The van der Waals surface area contributed by atoms with Crippen molar-refractivity contribution in [1.82, 2.24) is 5.32 Å². The van der Waals surface area contributed by atoms with Crippen molar-refractivity contribution in [1.29, 1.82) is 0 Å². The zero-order valence-electron chi connectivity index (χ0n) is 11.1. The van der Waals surface area contributed by atoms with Gasteiger partial charge in [-0.2, -0.15) is 0 Å². The summed E-state index contributed by atoms with van der Waals surface area (Å²) in [5.41, 5.74) is 2.51. The highest BCUT2D eigenvalue weighted by Crippen LogP contribution is 2.37. The molecule has 0 amide bonds. The smallest absolute Gasteiger partial charge is 0.123 e. The van der Waals surface area contributed by atoms with E-state index in [4.69, 9.17) is 4.74 Å². The van der Waals surface area contributed by atoms with Crippen molar-refractivity contribution in [2.75, 3.05) is 6.61 Å². The number of aliphatic hydroxyl groups is 1. The molecule has 98 valence electrons. The highest BCUT2D eigenvalue weighted by molar-refractivity contribution is 5.41. The van der Waals surface area contributed by atoms with Crippen molar-refractivity contribution in [2.45, 2.75) is 50.8 Å². The van der Waals surface area contributed by atoms with E-state index in [9.17, 15) is 5.11 Å². The van der Waals surface area contributed by atoms with Crippen molar-refractivity contribution in [2.24, 2.45) is 0 Å². The highest BCUT2D eigenvalue weighted by atomic mass is 16.5. The normalized spacial score (nSPS) is 22.4. The van der Waals surface area contributed by atoms with Gasteiger partial charge in [0, 0.05) is 18.5 Å². The second-order valence-electron chi connectivity index (χ2n) is 6.27. The van der Waals surface area contributed by atoms with Crippen LogP contribution in [0.1, 0.15) is 37.8 Å². The summed E-state index contributed by atoms with van der Waals surface area (Å²) in [6.07, 6.45) is 3.15. The van der Waals surface area contributed by atoms with Gasteiger partial charge < -0.3 is 15.2 Å². The zero-order chi connectivity index (χ0) is 12.8. The number of hydrogen-bond donors (Lipinski definition) is 2. The lowest BCUT2D eigenvalue weighted by Crippen LogP contribution is -2.34. The van der Waals surface area contributed by atoms with Crippen LogP contribution in [0.2, 0.25) is 0 Å². The maximum Gasteiger partial charge on any atom is 0.123 e. The topological polar surface area (TPSA) is 41.5 Å². The first-order valence-electron chi connectivity index (χ1n) is 6.69. The average molecular weight is 247 g/mol. The maximum absolute atomic E-state index is 9.28. The van der Waals surface area contributed by atoms with Crippen molar-refractivity contribution in [3.05, 3.63) is 29.3 Å². The quantitative estimate of drug-likeness (QED) is 0.855. The summed E-state index contributed by atoms with van der Waals surface area (Å²) in [5.74, 6) is 1.02. The van der Waals surface area contributed by atoms with E-state index in [0.29, 0.717) is 0 Å². The molecule has 1 heterocycles. The van der Waals surface area contributed by atoms with E-state index in [0.717, 1.165) is 31.6 Å². The molecule has 0 radical (unpaired) electrons. The summed E-state index contributed by atoms with van der Waals surface area (Å²) in [4.78, 5) is 0. The largest absolute Gasteiger partial charge is 0.487 e. The Kier molecular flexibility index (Phi) is 2.65. The zero-order valence-corrected chi connectivity index (χ0v) is 11.1. The fraction of sp³-hybridized carbons (Fsp3) is 0.600. The Bertz CT molecular complexity index is 464. The van der Waals surface area contributed by atoms with Crippen molar-refractivity contribution in [3.63, 3.8) is 0 Å². The number of hydrogen-bond acceptors (Lipinski definition) is 3. The molecular weight excluding hydrogens is 226 g/mol. The van der Waals surface area contributed by atoms with Gasteiger partial charge in [0.25, 0.3) is 0 Å². The van der Waals surface area contributed by atoms with Gasteiger partial charge in [0.05, 0.1) is 6.61 Å². The molecule has 0 saturated heterocycles. The molecule has 1 aliphatic carbocycles. The Morgan fingerprint density at radius 3 is 2.78 bits per heavy atom. The third-order valence-corrected chi connectivity index (χ3v) is 3.95. The minimum atomic E-state index is -0.0722. The number of aliphatic hydroxyl groups excluding tert-OH is 1. The predicted octanol–water partition coefficient (Wildman–Crippen LogP) is 2.01. The molecule has 1 fully saturated rings. The molecule has 18 heavy (non-hydrogen) atoms. The van der Waals surface area contributed by atoms with Crippen molar-refractivity contribution >= 4 is 0 Å². The Balaban J connectivity index is 1.69. The fourth-order valence-corrected chi connectivity index (χ4v) is 2.60. The van der Waals surface area contributed by atoms with Crippen LogP contribution in [0.25, 0.3) is 0 Å². The van der Waals surface area contributed by atoms with Crippen molar-refractivity contribution in [3.8, 4) is 5.75 Å². The number of ether oxygens (including phenoxy) is 1. The fourth-order valence-electron chi connectivity index (χ4n) is 2.60. The number of benzene rings is 1. The minimum Gasteiger partial charge on any atom is -0.487 e. The Morgan fingerprint density at radius 1 is 1.33 bits per heavy atom. The lowest BCUT2D eigenvalue weighted by molar-refractivity contribution is 0.138. The van der Waals surface area contributed by atoms with E-state index in [1.807, 2.05) is 0 Å². The molecule has 3 rings (SSSR count). The van der Waals surface area contributed by atoms with E-state index in [2.05, 4.69) is 37.4 Å². The minimum absolute atomic E-state index is 0.00872. The van der Waals surface area contributed by atoms with Crippen LogP contribution in [0.15, 0.2) is 18.2 Å². The summed E-state index contributed by atoms with van der Waals surface area (Å²) in [5, 5.41) is 12.7. The summed E-state index contributed by atoms with van der Waals surface area (Å²) < 4.78 is 5.87. The Hall–Kier alpha value is -1.06. The van der Waals surface area contributed by atoms with Gasteiger partial charge >= 0.3 is 0 Å². The molecule has 1 aromatic carbocycles. The number of fused-ring (bicyclic) bond motifs is 1. The van der Waals surface area contributed by atoms with Crippen LogP contribution in [0.5, 0.6) is 5.75 Å². The number of nitrogens with one attached hydrogen (secondary N) is 1. The SMILES string of the molecule is CC1(C)Cc2cc(CNC3(CO)CC3)ccc2O1. The van der Waals surface area contributed by atoms with Crippen LogP contribution in [-0.2, 0) is 13.0 Å². The van der Waals surface area contributed by atoms with Gasteiger partial charge in [0.2, 0.25) is 0 Å². The molecule has 0 spiro atoms. The van der Waals surface area contributed by atoms with Gasteiger partial charge in [0.1, 0.15) is 11.4 Å². The van der Waals surface area contributed by atoms with Gasteiger partial charge in [-0.05, 0) is 43.9 Å². The van der Waals surface area contributed by atoms with Gasteiger partial charge in [0.15, 0.2) is 0 Å². The van der Waals surface area contributed by atoms with E-state index < -0.39 is 0 Å². The monoisotopic (exact) mass is 247 g/mol. The van der Waals surface area contributed by atoms with Crippen LogP contribution in [0.3, 0.4) is 0 Å². The molecule has 2 aliphatic rings. The number of rotatable bonds is 4. The second kappa shape index (κ2) is 3.97. The molecule has 2 N–H and O–H groups in total. The third-order valence-electron chi connectivity index (χ3n) is 3.95. The molecule has 1 saturated carbocycles. The van der Waals surface area contributed by atoms with Gasteiger partial charge in [-0.15, -0.1) is 0 Å². The second-order valence-corrected chi connectivity index (χ2v) is 6.27. The first-order chi connectivity index (χ1) is 8.52. The van der Waals surface area contributed by atoms with Gasteiger partial charge in [-0.1, -0.05) is 12.1 Å². The molecule has 1 aromatic rings.